The fourth-order valence-corrected chi connectivity index (χ4v) is 2.27. The molecular weight excluding hydrogens is 339 g/mol. The largest absolute Gasteiger partial charge is 0.496 e. The smallest absolute Gasteiger partial charge is 0.130 e. The first-order valence-electron chi connectivity index (χ1n) is 6.10. The van der Waals surface area contributed by atoms with Crippen molar-refractivity contribution in [1.82, 2.24) is 0 Å². The van der Waals surface area contributed by atoms with Crippen LogP contribution < -0.4 is 15.2 Å². The molecule has 2 rings (SSSR count). The molecule has 6 heteroatoms. The third kappa shape index (κ3) is 3.95. The minimum Gasteiger partial charge on any atom is -0.496 e. The second kappa shape index (κ2) is 6.58. The average Bonchev–Trinajstić information content (AvgIpc) is 2.43. The van der Waals surface area contributed by atoms with Crippen LogP contribution in [0.2, 0.25) is 0 Å². The Bertz CT molecular complexity index is 656. The molecule has 21 heavy (non-hydrogen) atoms. The summed E-state index contributed by atoms with van der Waals surface area (Å²) in [6.45, 7) is 0.254. The first-order valence-corrected chi connectivity index (χ1v) is 6.89. The van der Waals surface area contributed by atoms with Gasteiger partial charge in [-0.1, -0.05) is 22.0 Å². The Kier molecular flexibility index (Phi) is 4.80. The van der Waals surface area contributed by atoms with Crippen LogP contribution in [0.25, 0.3) is 0 Å². The maximum Gasteiger partial charge on any atom is 0.130 e. The SMILES string of the molecule is COc1cc(COc2cc(F)cc(Br)c2)ccc1C(=N)N. The van der Waals surface area contributed by atoms with Crippen LogP contribution in [-0.4, -0.2) is 12.9 Å². The van der Waals surface area contributed by atoms with Gasteiger partial charge in [-0.05, 0) is 29.8 Å². The van der Waals surface area contributed by atoms with E-state index < -0.39 is 0 Å². The molecule has 3 N–H and O–H groups in total. The summed E-state index contributed by atoms with van der Waals surface area (Å²) in [7, 11) is 1.51. The number of amidine groups is 1. The Morgan fingerprint density at radius 1 is 1.29 bits per heavy atom. The highest BCUT2D eigenvalue weighted by molar-refractivity contribution is 9.10. The zero-order valence-electron chi connectivity index (χ0n) is 11.3. The maximum absolute atomic E-state index is 13.2. The molecule has 0 aliphatic carbocycles. The van der Waals surface area contributed by atoms with Crippen LogP contribution in [0, 0.1) is 11.2 Å². The first-order chi connectivity index (χ1) is 9.99. The van der Waals surface area contributed by atoms with Crippen molar-refractivity contribution in [3.63, 3.8) is 0 Å². The van der Waals surface area contributed by atoms with Gasteiger partial charge in [-0.2, -0.15) is 0 Å². The van der Waals surface area contributed by atoms with E-state index in [0.717, 1.165) is 5.56 Å². The molecule has 2 aromatic rings. The molecule has 0 spiro atoms. The van der Waals surface area contributed by atoms with Crippen LogP contribution >= 0.6 is 15.9 Å². The quantitative estimate of drug-likeness (QED) is 0.639. The number of nitrogens with two attached hydrogens (primary N) is 1. The Hall–Kier alpha value is -2.08. The molecular formula is C15H14BrFN2O2. The lowest BCUT2D eigenvalue weighted by atomic mass is 10.1. The molecule has 0 saturated heterocycles. The van der Waals surface area contributed by atoms with Gasteiger partial charge in [-0.15, -0.1) is 0 Å². The van der Waals surface area contributed by atoms with Crippen LogP contribution in [0.1, 0.15) is 11.1 Å². The van der Waals surface area contributed by atoms with Crippen molar-refractivity contribution in [1.29, 1.82) is 5.41 Å². The van der Waals surface area contributed by atoms with E-state index in [-0.39, 0.29) is 18.3 Å². The summed E-state index contributed by atoms with van der Waals surface area (Å²) < 4.78 is 24.6. The molecule has 110 valence electrons. The van der Waals surface area contributed by atoms with Crippen molar-refractivity contribution in [2.24, 2.45) is 5.73 Å². The number of rotatable bonds is 5. The molecule has 0 bridgehead atoms. The Morgan fingerprint density at radius 3 is 2.67 bits per heavy atom. The Morgan fingerprint density at radius 2 is 2.05 bits per heavy atom. The number of nitrogen functional groups attached to an aromatic ring is 1. The molecule has 0 atom stereocenters. The number of nitrogens with one attached hydrogen (secondary N) is 1. The summed E-state index contributed by atoms with van der Waals surface area (Å²) in [5, 5.41) is 7.45. The van der Waals surface area contributed by atoms with E-state index in [0.29, 0.717) is 21.5 Å². The van der Waals surface area contributed by atoms with E-state index >= 15 is 0 Å². The summed E-state index contributed by atoms with van der Waals surface area (Å²) in [6.07, 6.45) is 0. The van der Waals surface area contributed by atoms with E-state index in [4.69, 9.17) is 20.6 Å². The molecule has 0 aromatic heterocycles. The fraction of sp³-hybridized carbons (Fsp3) is 0.133. The van der Waals surface area contributed by atoms with E-state index in [1.165, 1.54) is 19.2 Å². The normalized spacial score (nSPS) is 10.2. The highest BCUT2D eigenvalue weighted by Crippen LogP contribution is 2.23. The van der Waals surface area contributed by atoms with E-state index in [9.17, 15) is 4.39 Å². The zero-order valence-corrected chi connectivity index (χ0v) is 12.9. The van der Waals surface area contributed by atoms with Crippen LogP contribution in [0.15, 0.2) is 40.9 Å². The number of benzene rings is 2. The number of ether oxygens (including phenoxy) is 2. The van der Waals surface area contributed by atoms with Gasteiger partial charge < -0.3 is 15.2 Å². The Balaban J connectivity index is 2.14. The molecule has 0 aliphatic heterocycles. The standard InChI is InChI=1S/C15H14BrFN2O2/c1-20-14-4-9(2-3-13(14)15(18)19)8-21-12-6-10(16)5-11(17)7-12/h2-7H,8H2,1H3,(H3,18,19). The molecule has 0 heterocycles. The monoisotopic (exact) mass is 352 g/mol. The zero-order chi connectivity index (χ0) is 15.4. The minimum atomic E-state index is -0.371. The van der Waals surface area contributed by atoms with Gasteiger partial charge in [0.25, 0.3) is 0 Å². The summed E-state index contributed by atoms with van der Waals surface area (Å²) in [4.78, 5) is 0. The van der Waals surface area contributed by atoms with Crippen LogP contribution in [0.4, 0.5) is 4.39 Å². The molecule has 0 unspecified atom stereocenters. The first kappa shape index (κ1) is 15.3. The van der Waals surface area contributed by atoms with Crippen molar-refractivity contribution < 1.29 is 13.9 Å². The van der Waals surface area contributed by atoms with Crippen molar-refractivity contribution in [2.75, 3.05) is 7.11 Å². The number of hydrogen-bond donors (Lipinski definition) is 2. The van der Waals surface area contributed by atoms with Crippen LogP contribution in [0.3, 0.4) is 0 Å². The molecule has 4 nitrogen and oxygen atoms in total. The summed E-state index contributed by atoms with van der Waals surface area (Å²) >= 11 is 3.21. The molecule has 0 saturated carbocycles. The summed E-state index contributed by atoms with van der Waals surface area (Å²) in [5.74, 6) is 0.498. The Labute approximate surface area is 130 Å². The molecule has 0 amide bonds. The predicted octanol–water partition coefficient (Wildman–Crippen LogP) is 3.46. The van der Waals surface area contributed by atoms with Crippen molar-refractivity contribution in [2.45, 2.75) is 6.61 Å². The van der Waals surface area contributed by atoms with Gasteiger partial charge in [0.2, 0.25) is 0 Å². The van der Waals surface area contributed by atoms with Gasteiger partial charge in [-0.3, -0.25) is 5.41 Å². The van der Waals surface area contributed by atoms with Crippen LogP contribution in [0.5, 0.6) is 11.5 Å². The second-order valence-corrected chi connectivity index (χ2v) is 5.26. The van der Waals surface area contributed by atoms with Gasteiger partial charge in [0.15, 0.2) is 0 Å². The van der Waals surface area contributed by atoms with Gasteiger partial charge in [-0.25, -0.2) is 4.39 Å². The lowest BCUT2D eigenvalue weighted by molar-refractivity contribution is 0.303. The lowest BCUT2D eigenvalue weighted by Crippen LogP contribution is -2.12. The number of halogens is 2. The van der Waals surface area contributed by atoms with E-state index in [1.54, 1.807) is 24.3 Å². The summed E-state index contributed by atoms with van der Waals surface area (Å²) in [5.41, 5.74) is 6.82. The highest BCUT2D eigenvalue weighted by Gasteiger charge is 2.08. The summed E-state index contributed by atoms with van der Waals surface area (Å²) in [6, 6.07) is 9.58. The third-order valence-electron chi connectivity index (χ3n) is 2.80. The van der Waals surface area contributed by atoms with Crippen LogP contribution in [-0.2, 0) is 6.61 Å². The highest BCUT2D eigenvalue weighted by atomic mass is 79.9. The van der Waals surface area contributed by atoms with Crippen molar-refractivity contribution >= 4 is 21.8 Å². The lowest BCUT2D eigenvalue weighted by Gasteiger charge is -2.11. The third-order valence-corrected chi connectivity index (χ3v) is 3.26. The molecule has 0 radical (unpaired) electrons. The van der Waals surface area contributed by atoms with Gasteiger partial charge in [0, 0.05) is 10.5 Å². The molecule has 0 fully saturated rings. The van der Waals surface area contributed by atoms with Gasteiger partial charge in [0.05, 0.1) is 12.7 Å². The predicted molar refractivity (Wildman–Crippen MR) is 82.4 cm³/mol. The fourth-order valence-electron chi connectivity index (χ4n) is 1.83. The second-order valence-electron chi connectivity index (χ2n) is 4.34. The molecule has 0 aliphatic rings. The van der Waals surface area contributed by atoms with Crippen molar-refractivity contribution in [3.8, 4) is 11.5 Å². The minimum absolute atomic E-state index is 0.0617. The number of hydrogen-bond acceptors (Lipinski definition) is 3. The van der Waals surface area contributed by atoms with Gasteiger partial charge in [0.1, 0.15) is 29.8 Å². The average molecular weight is 353 g/mol. The maximum atomic E-state index is 13.2. The van der Waals surface area contributed by atoms with Gasteiger partial charge >= 0.3 is 0 Å². The van der Waals surface area contributed by atoms with E-state index in [2.05, 4.69) is 15.9 Å². The number of methoxy groups -OCH3 is 1. The topological polar surface area (TPSA) is 68.3 Å². The van der Waals surface area contributed by atoms with Crippen molar-refractivity contribution in [3.05, 3.63) is 57.8 Å². The van der Waals surface area contributed by atoms with E-state index in [1.807, 2.05) is 0 Å². The molecule has 2 aromatic carbocycles.